The Bertz CT molecular complexity index is 1880. The van der Waals surface area contributed by atoms with E-state index in [0.29, 0.717) is 12.0 Å². The van der Waals surface area contributed by atoms with Crippen LogP contribution in [0.25, 0.3) is 31.3 Å². The van der Waals surface area contributed by atoms with Gasteiger partial charge in [-0.1, -0.05) is 91.9 Å². The molecule has 1 aliphatic rings. The van der Waals surface area contributed by atoms with Gasteiger partial charge in [0.2, 0.25) is 0 Å². The van der Waals surface area contributed by atoms with Crippen LogP contribution >= 0.6 is 23.1 Å². The molecule has 41 heavy (non-hydrogen) atoms. The van der Waals surface area contributed by atoms with Crippen molar-refractivity contribution in [2.24, 2.45) is 0 Å². The number of thioether (sulfide) groups is 1. The van der Waals surface area contributed by atoms with E-state index in [1.165, 1.54) is 58.7 Å². The van der Waals surface area contributed by atoms with E-state index in [9.17, 15) is 0 Å². The first-order chi connectivity index (χ1) is 20.1. The minimum absolute atomic E-state index is 0.326. The second kappa shape index (κ2) is 10.8. The van der Waals surface area contributed by atoms with Gasteiger partial charge in [-0.15, -0.1) is 23.1 Å². The van der Waals surface area contributed by atoms with E-state index < -0.39 is 0 Å². The zero-order chi connectivity index (χ0) is 27.9. The van der Waals surface area contributed by atoms with Crippen LogP contribution in [0.1, 0.15) is 30.9 Å². The van der Waals surface area contributed by atoms with Gasteiger partial charge in [-0.25, -0.2) is 0 Å². The smallest absolute Gasteiger partial charge is 0.0588 e. The van der Waals surface area contributed by atoms with Crippen molar-refractivity contribution in [3.05, 3.63) is 132 Å². The molecule has 0 spiro atoms. The van der Waals surface area contributed by atoms with E-state index >= 15 is 0 Å². The fourth-order valence-corrected chi connectivity index (χ4v) is 8.42. The highest BCUT2D eigenvalue weighted by molar-refractivity contribution is 7.99. The van der Waals surface area contributed by atoms with Crippen LogP contribution in [0.5, 0.6) is 0 Å². The molecule has 4 heteroatoms. The first-order valence-electron chi connectivity index (χ1n) is 14.2. The van der Waals surface area contributed by atoms with Crippen LogP contribution in [0.2, 0.25) is 0 Å². The first-order valence-corrected chi connectivity index (χ1v) is 16.0. The summed E-state index contributed by atoms with van der Waals surface area (Å²) in [6.45, 7) is 4.44. The fraction of sp³-hybridized carbons (Fsp3) is 0.135. The topological polar surface area (TPSA) is 29.3 Å². The normalized spacial score (nSPS) is 16.7. The molecule has 0 amide bonds. The maximum absolute atomic E-state index is 6.49. The second-order valence-electron chi connectivity index (χ2n) is 10.7. The molecule has 0 fully saturated rings. The van der Waals surface area contributed by atoms with Crippen LogP contribution in [-0.4, -0.2) is 6.04 Å². The molecule has 2 unspecified atom stereocenters. The van der Waals surface area contributed by atoms with Crippen molar-refractivity contribution < 1.29 is 0 Å². The van der Waals surface area contributed by atoms with Gasteiger partial charge in [0, 0.05) is 53.8 Å². The van der Waals surface area contributed by atoms with E-state index in [1.54, 1.807) is 0 Å². The third-order valence-corrected chi connectivity index (χ3v) is 10.6. The first kappa shape index (κ1) is 25.9. The summed E-state index contributed by atoms with van der Waals surface area (Å²) in [5, 5.41) is 2.59. The molecule has 0 saturated heterocycles. The molecule has 2 N–H and O–H groups in total. The molecule has 202 valence electrons. The summed E-state index contributed by atoms with van der Waals surface area (Å²) < 4.78 is 2.61. The molecular formula is C37H32N2S2. The Kier molecular flexibility index (Phi) is 6.82. The Balaban J connectivity index is 1.11. The number of rotatable bonds is 6. The standard InChI is InChI=1S/C37H32N2S2/c1-3-8-32-24(2)29-9-4-6-11-33(29)39(32)28-19-17-27(18-20-28)26-15-13-25(14-16-26)23-40-37-31(38)21-22-35-36(37)30-10-5-7-12-34(30)41-35/h3-22,24,32H,23,38H2,1-2H3/b8-3-. The van der Waals surface area contributed by atoms with Crippen molar-refractivity contribution in [2.45, 2.75) is 36.5 Å². The number of nitrogens with zero attached hydrogens (tertiary/aromatic N) is 1. The van der Waals surface area contributed by atoms with E-state index in [4.69, 9.17) is 5.73 Å². The third kappa shape index (κ3) is 4.61. The Morgan fingerprint density at radius 3 is 2.29 bits per heavy atom. The fourth-order valence-electron chi connectivity index (χ4n) is 6.14. The SMILES string of the molecule is C/C=C\C1C(C)c2ccccc2N1c1ccc(-c2ccc(CSc3c(N)ccc4sc5ccccc5c34)cc2)cc1. The van der Waals surface area contributed by atoms with Gasteiger partial charge in [0.1, 0.15) is 0 Å². The lowest BCUT2D eigenvalue weighted by Gasteiger charge is -2.27. The quantitative estimate of drug-likeness (QED) is 0.123. The number of benzene rings is 5. The summed E-state index contributed by atoms with van der Waals surface area (Å²) in [7, 11) is 0. The summed E-state index contributed by atoms with van der Waals surface area (Å²) in [6.07, 6.45) is 4.50. The van der Waals surface area contributed by atoms with Crippen molar-refractivity contribution in [3.63, 3.8) is 0 Å². The van der Waals surface area contributed by atoms with Crippen molar-refractivity contribution in [1.82, 2.24) is 0 Å². The van der Waals surface area contributed by atoms with Crippen LogP contribution in [0, 0.1) is 0 Å². The molecule has 5 aromatic carbocycles. The van der Waals surface area contributed by atoms with Gasteiger partial charge in [0.15, 0.2) is 0 Å². The van der Waals surface area contributed by atoms with E-state index in [0.717, 1.165) is 11.4 Å². The highest BCUT2D eigenvalue weighted by Crippen LogP contribution is 2.46. The Morgan fingerprint density at radius 2 is 1.51 bits per heavy atom. The molecule has 1 aliphatic heterocycles. The average molecular weight is 569 g/mol. The number of para-hydroxylation sites is 1. The van der Waals surface area contributed by atoms with Gasteiger partial charge < -0.3 is 10.6 Å². The van der Waals surface area contributed by atoms with Crippen molar-refractivity contribution >= 4 is 60.3 Å². The number of hydrogen-bond acceptors (Lipinski definition) is 4. The number of anilines is 3. The van der Waals surface area contributed by atoms with Crippen molar-refractivity contribution in [2.75, 3.05) is 10.6 Å². The molecule has 6 aromatic rings. The summed E-state index contributed by atoms with van der Waals surface area (Å²) in [5.41, 5.74) is 15.1. The Hall–Kier alpha value is -3.99. The molecule has 0 saturated carbocycles. The maximum Gasteiger partial charge on any atom is 0.0588 e. The lowest BCUT2D eigenvalue weighted by atomic mass is 9.97. The summed E-state index contributed by atoms with van der Waals surface area (Å²) >= 11 is 3.67. The minimum Gasteiger partial charge on any atom is -0.398 e. The largest absolute Gasteiger partial charge is 0.398 e. The van der Waals surface area contributed by atoms with Gasteiger partial charge in [-0.2, -0.15) is 0 Å². The number of nitrogens with two attached hydrogens (primary N) is 1. The third-order valence-electron chi connectivity index (χ3n) is 8.23. The molecule has 0 radical (unpaired) electrons. The predicted octanol–water partition coefficient (Wildman–Crippen LogP) is 10.8. The van der Waals surface area contributed by atoms with Crippen LogP contribution < -0.4 is 10.6 Å². The van der Waals surface area contributed by atoms with Gasteiger partial charge >= 0.3 is 0 Å². The van der Waals surface area contributed by atoms with Crippen LogP contribution in [0.4, 0.5) is 17.1 Å². The monoisotopic (exact) mass is 568 g/mol. The highest BCUT2D eigenvalue weighted by atomic mass is 32.2. The van der Waals surface area contributed by atoms with Gasteiger partial charge in [0.25, 0.3) is 0 Å². The molecule has 7 rings (SSSR count). The molecule has 1 aromatic heterocycles. The number of fused-ring (bicyclic) bond motifs is 4. The van der Waals surface area contributed by atoms with E-state index in [2.05, 4.69) is 140 Å². The second-order valence-corrected chi connectivity index (χ2v) is 12.8. The molecule has 0 bridgehead atoms. The Labute approximate surface area is 250 Å². The number of hydrogen-bond donors (Lipinski definition) is 1. The van der Waals surface area contributed by atoms with Gasteiger partial charge in [0.05, 0.1) is 6.04 Å². The van der Waals surface area contributed by atoms with Crippen LogP contribution in [0.15, 0.2) is 126 Å². The molecule has 2 atom stereocenters. The minimum atomic E-state index is 0.326. The highest BCUT2D eigenvalue weighted by Gasteiger charge is 2.34. The van der Waals surface area contributed by atoms with Crippen molar-refractivity contribution in [1.29, 1.82) is 0 Å². The maximum atomic E-state index is 6.49. The number of thiophene rings is 1. The molecule has 2 heterocycles. The molecule has 2 nitrogen and oxygen atoms in total. The molecule has 0 aliphatic carbocycles. The summed E-state index contributed by atoms with van der Waals surface area (Å²) in [4.78, 5) is 3.67. The summed E-state index contributed by atoms with van der Waals surface area (Å²) in [5.74, 6) is 1.33. The lowest BCUT2D eigenvalue weighted by molar-refractivity contribution is 0.696. The lowest BCUT2D eigenvalue weighted by Crippen LogP contribution is -2.27. The van der Waals surface area contributed by atoms with Gasteiger partial charge in [-0.05, 0) is 65.6 Å². The van der Waals surface area contributed by atoms with Gasteiger partial charge in [-0.3, -0.25) is 0 Å². The molecular weight excluding hydrogens is 537 g/mol. The van der Waals surface area contributed by atoms with E-state index in [1.807, 2.05) is 23.1 Å². The summed E-state index contributed by atoms with van der Waals surface area (Å²) in [6, 6.07) is 40.0. The zero-order valence-corrected chi connectivity index (χ0v) is 24.9. The van der Waals surface area contributed by atoms with E-state index in [-0.39, 0.29) is 0 Å². The average Bonchev–Trinajstić information content (AvgIpc) is 3.52. The van der Waals surface area contributed by atoms with Crippen LogP contribution in [-0.2, 0) is 5.75 Å². The predicted molar refractivity (Wildman–Crippen MR) is 181 cm³/mol. The van der Waals surface area contributed by atoms with Crippen molar-refractivity contribution in [3.8, 4) is 11.1 Å². The Morgan fingerprint density at radius 1 is 0.805 bits per heavy atom. The number of nitrogen functional groups attached to an aromatic ring is 1. The van der Waals surface area contributed by atoms with Crippen LogP contribution in [0.3, 0.4) is 0 Å². The number of allylic oxidation sites excluding steroid dienone is 1. The zero-order valence-electron chi connectivity index (χ0n) is 23.2.